The van der Waals surface area contributed by atoms with Crippen molar-refractivity contribution < 1.29 is 13.6 Å². The van der Waals surface area contributed by atoms with Gasteiger partial charge in [-0.1, -0.05) is 6.42 Å². The molecule has 4 rings (SSSR count). The number of halogens is 2. The molecule has 2 aliphatic carbocycles. The van der Waals surface area contributed by atoms with E-state index in [-0.39, 0.29) is 11.1 Å². The number of amides is 1. The summed E-state index contributed by atoms with van der Waals surface area (Å²) in [4.78, 5) is 16.6. The second kappa shape index (κ2) is 4.97. The molecule has 2 aliphatic rings. The van der Waals surface area contributed by atoms with E-state index in [0.717, 1.165) is 25.7 Å². The van der Waals surface area contributed by atoms with Crippen LogP contribution < -0.4 is 5.32 Å². The lowest BCUT2D eigenvalue weighted by Crippen LogP contribution is -2.45. The lowest BCUT2D eigenvalue weighted by atomic mass is 9.78. The molecular weight excluding hydrogens is 302 g/mol. The van der Waals surface area contributed by atoms with Gasteiger partial charge in [0.25, 0.3) is 12.3 Å². The summed E-state index contributed by atoms with van der Waals surface area (Å²) in [5.74, 6) is 0.0511. The summed E-state index contributed by atoms with van der Waals surface area (Å²) >= 11 is 0. The fourth-order valence-electron chi connectivity index (χ4n) is 3.46. The number of fused-ring (bicyclic) bond motifs is 1. The third-order valence-corrected chi connectivity index (χ3v) is 5.25. The average Bonchev–Trinajstić information content (AvgIpc) is 3.11. The quantitative estimate of drug-likeness (QED) is 0.942. The lowest BCUT2D eigenvalue weighted by molar-refractivity contribution is 0.0872. The van der Waals surface area contributed by atoms with E-state index in [1.807, 2.05) is 0 Å². The third kappa shape index (κ3) is 2.29. The van der Waals surface area contributed by atoms with Crippen LogP contribution in [0.2, 0.25) is 0 Å². The van der Waals surface area contributed by atoms with Crippen LogP contribution in [0.3, 0.4) is 0 Å². The van der Waals surface area contributed by atoms with Crippen molar-refractivity contribution in [2.75, 3.05) is 0 Å². The van der Waals surface area contributed by atoms with E-state index in [2.05, 4.69) is 15.4 Å². The van der Waals surface area contributed by atoms with E-state index >= 15 is 0 Å². The molecule has 2 fully saturated rings. The van der Waals surface area contributed by atoms with Gasteiger partial charge in [-0.05, 0) is 37.7 Å². The van der Waals surface area contributed by atoms with E-state index in [1.54, 1.807) is 7.05 Å². The average molecular weight is 320 g/mol. The van der Waals surface area contributed by atoms with Crippen molar-refractivity contribution in [3.63, 3.8) is 0 Å². The number of hydrogen-bond acceptors (Lipinski definition) is 3. The smallest absolute Gasteiger partial charge is 0.281 e. The van der Waals surface area contributed by atoms with Gasteiger partial charge in [-0.2, -0.15) is 5.10 Å². The van der Waals surface area contributed by atoms with Gasteiger partial charge in [-0.25, -0.2) is 13.8 Å². The fraction of sp³-hybridized carbons (Fsp3) is 0.562. The van der Waals surface area contributed by atoms with Crippen molar-refractivity contribution in [3.8, 4) is 0 Å². The molecule has 23 heavy (non-hydrogen) atoms. The minimum Gasteiger partial charge on any atom is -0.346 e. The fourth-order valence-corrected chi connectivity index (χ4v) is 3.46. The molecule has 0 atom stereocenters. The van der Waals surface area contributed by atoms with Crippen LogP contribution in [0.1, 0.15) is 54.6 Å². The Morgan fingerprint density at radius 1 is 1.43 bits per heavy atom. The molecule has 2 heterocycles. The normalized spacial score (nSPS) is 19.8. The third-order valence-electron chi connectivity index (χ3n) is 5.25. The van der Waals surface area contributed by atoms with Crippen molar-refractivity contribution in [3.05, 3.63) is 23.5 Å². The first-order chi connectivity index (χ1) is 11.0. The molecule has 7 heteroatoms. The molecule has 122 valence electrons. The molecule has 2 aromatic rings. The molecule has 0 saturated heterocycles. The maximum absolute atomic E-state index is 13.3. The van der Waals surface area contributed by atoms with Crippen molar-refractivity contribution in [1.29, 1.82) is 0 Å². The summed E-state index contributed by atoms with van der Waals surface area (Å²) in [5, 5.41) is 7.03. The van der Waals surface area contributed by atoms with Crippen molar-refractivity contribution in [2.24, 2.45) is 13.0 Å². The Labute approximate surface area is 132 Å². The predicted molar refractivity (Wildman–Crippen MR) is 80.2 cm³/mol. The largest absolute Gasteiger partial charge is 0.346 e. The monoisotopic (exact) mass is 320 g/mol. The van der Waals surface area contributed by atoms with Gasteiger partial charge in [0.15, 0.2) is 0 Å². The number of aryl methyl sites for hydroxylation is 1. The molecule has 5 nitrogen and oxygen atoms in total. The van der Waals surface area contributed by atoms with Crippen LogP contribution in [0.25, 0.3) is 11.0 Å². The zero-order chi connectivity index (χ0) is 16.2. The van der Waals surface area contributed by atoms with E-state index in [0.29, 0.717) is 17.0 Å². The van der Waals surface area contributed by atoms with Crippen LogP contribution in [0.4, 0.5) is 8.78 Å². The number of nitrogens with one attached hydrogen (secondary N) is 1. The van der Waals surface area contributed by atoms with Crippen LogP contribution in [-0.2, 0) is 7.05 Å². The van der Waals surface area contributed by atoms with E-state index < -0.39 is 18.0 Å². The molecule has 0 radical (unpaired) electrons. The number of alkyl halides is 2. The number of aromatic nitrogens is 3. The van der Waals surface area contributed by atoms with Crippen LogP contribution in [-0.4, -0.2) is 26.2 Å². The molecule has 2 saturated carbocycles. The Balaban J connectivity index is 1.70. The highest BCUT2D eigenvalue weighted by Crippen LogP contribution is 2.51. The van der Waals surface area contributed by atoms with Gasteiger partial charge in [0, 0.05) is 12.6 Å². The zero-order valence-electron chi connectivity index (χ0n) is 12.9. The first kappa shape index (κ1) is 14.5. The van der Waals surface area contributed by atoms with Crippen LogP contribution in [0, 0.1) is 5.92 Å². The summed E-state index contributed by atoms with van der Waals surface area (Å²) < 4.78 is 28.2. The molecule has 1 N–H and O–H groups in total. The predicted octanol–water partition coefficient (Wildman–Crippen LogP) is 2.97. The molecule has 2 aromatic heterocycles. The zero-order valence-corrected chi connectivity index (χ0v) is 12.9. The molecule has 0 unspecified atom stereocenters. The lowest BCUT2D eigenvalue weighted by Gasteiger charge is -2.34. The number of nitrogens with zero attached hydrogens (tertiary/aromatic N) is 3. The van der Waals surface area contributed by atoms with Crippen LogP contribution in [0.15, 0.2) is 12.3 Å². The van der Waals surface area contributed by atoms with Crippen molar-refractivity contribution >= 4 is 16.9 Å². The maximum Gasteiger partial charge on any atom is 0.281 e. The van der Waals surface area contributed by atoms with Crippen molar-refractivity contribution in [2.45, 2.75) is 44.1 Å². The number of hydrogen-bond donors (Lipinski definition) is 1. The molecular formula is C16H18F2N4O. The number of carbonyl (C=O) groups excluding carboxylic acids is 1. The molecule has 0 aromatic carbocycles. The van der Waals surface area contributed by atoms with Gasteiger partial charge in [-0.15, -0.1) is 0 Å². The highest BCUT2D eigenvalue weighted by atomic mass is 19.3. The minimum absolute atomic E-state index is 0.0401. The summed E-state index contributed by atoms with van der Waals surface area (Å²) in [6.45, 7) is 0. The summed E-state index contributed by atoms with van der Waals surface area (Å²) in [6.07, 6.45) is 3.93. The molecule has 1 amide bonds. The van der Waals surface area contributed by atoms with Crippen LogP contribution >= 0.6 is 0 Å². The Kier molecular flexibility index (Phi) is 3.14. The van der Waals surface area contributed by atoms with Gasteiger partial charge in [0.05, 0.1) is 17.3 Å². The highest BCUT2D eigenvalue weighted by Gasteiger charge is 2.52. The Hall–Kier alpha value is -2.05. The standard InChI is InChI=1S/C16H18F2N4O/c1-22-12-7-10(13(14(17)18)20-11(12)8-19-22)15(23)21-16(5-6-16)9-3-2-4-9/h7-9,14H,2-6H2,1H3,(H,21,23). The molecule has 0 aliphatic heterocycles. The van der Waals surface area contributed by atoms with Gasteiger partial charge in [0.2, 0.25) is 0 Å². The number of carbonyl (C=O) groups is 1. The summed E-state index contributed by atoms with van der Waals surface area (Å²) in [7, 11) is 1.70. The Morgan fingerprint density at radius 3 is 2.74 bits per heavy atom. The summed E-state index contributed by atoms with van der Waals surface area (Å²) in [6, 6.07) is 1.48. The Morgan fingerprint density at radius 2 is 2.17 bits per heavy atom. The van der Waals surface area contributed by atoms with E-state index in [9.17, 15) is 13.6 Å². The number of pyridine rings is 1. The van der Waals surface area contributed by atoms with Gasteiger partial charge in [-0.3, -0.25) is 9.48 Å². The topological polar surface area (TPSA) is 59.8 Å². The summed E-state index contributed by atoms with van der Waals surface area (Å²) in [5.41, 5.74) is 0.275. The molecule has 0 spiro atoms. The minimum atomic E-state index is -2.79. The van der Waals surface area contributed by atoms with E-state index in [1.165, 1.54) is 23.4 Å². The first-order valence-corrected chi connectivity index (χ1v) is 7.93. The second-order valence-corrected chi connectivity index (χ2v) is 6.63. The number of rotatable bonds is 4. The van der Waals surface area contributed by atoms with Gasteiger partial charge < -0.3 is 5.32 Å². The van der Waals surface area contributed by atoms with Gasteiger partial charge in [0.1, 0.15) is 11.2 Å². The maximum atomic E-state index is 13.3. The van der Waals surface area contributed by atoms with Crippen LogP contribution in [0.5, 0.6) is 0 Å². The van der Waals surface area contributed by atoms with Gasteiger partial charge >= 0.3 is 0 Å². The SMILES string of the molecule is Cn1ncc2nc(C(F)F)c(C(=O)NC3(C4CCC4)CC3)cc21. The second-order valence-electron chi connectivity index (χ2n) is 6.63. The first-order valence-electron chi connectivity index (χ1n) is 7.93. The van der Waals surface area contributed by atoms with Crippen molar-refractivity contribution in [1.82, 2.24) is 20.1 Å². The van der Waals surface area contributed by atoms with E-state index in [4.69, 9.17) is 0 Å². The Bertz CT molecular complexity index is 778. The highest BCUT2D eigenvalue weighted by molar-refractivity contribution is 5.98. The molecule has 0 bridgehead atoms.